The molecule has 0 saturated carbocycles. The lowest BCUT2D eigenvalue weighted by atomic mass is 10.2. The number of aromatic nitrogens is 8. The van der Waals surface area contributed by atoms with Gasteiger partial charge in [-0.15, -0.1) is 0 Å². The van der Waals surface area contributed by atoms with E-state index in [2.05, 4.69) is 45.2 Å². The van der Waals surface area contributed by atoms with E-state index in [9.17, 15) is 18.7 Å². The average Bonchev–Trinajstić information content (AvgIpc) is 3.33. The fraction of sp³-hybridized carbons (Fsp3) is 0.409. The summed E-state index contributed by atoms with van der Waals surface area (Å²) in [5, 5.41) is 11.8. The summed E-state index contributed by atoms with van der Waals surface area (Å²) in [7, 11) is -2.15. The number of carboxylic acids is 1. The van der Waals surface area contributed by atoms with Crippen LogP contribution in [0, 0.1) is 0 Å². The highest BCUT2D eigenvalue weighted by Crippen LogP contribution is 2.49. The van der Waals surface area contributed by atoms with Gasteiger partial charge in [-0.05, 0) is 95.6 Å². The van der Waals surface area contributed by atoms with Gasteiger partial charge in [0.1, 0.15) is 0 Å². The molecule has 12 N–H and O–H groups in total. The van der Waals surface area contributed by atoms with E-state index in [1.165, 1.54) is 0 Å². The lowest BCUT2D eigenvalue weighted by Gasteiger charge is -2.19. The topological polar surface area (TPSA) is 377 Å². The minimum Gasteiger partial charge on any atom is -0.478 e. The molecule has 4 aromatic heterocycles. The molecule has 0 saturated heterocycles. The molecule has 6 aromatic rings. The van der Waals surface area contributed by atoms with Crippen LogP contribution in [0.5, 0.6) is 0 Å². The number of hydrogen-bond donors (Lipinski definition) is 7. The second kappa shape index (κ2) is 27.6. The van der Waals surface area contributed by atoms with E-state index in [-0.39, 0.29) is 41.2 Å². The number of aromatic carboxylic acids is 1. The number of carbonyl (C=O) groups excluding carboxylic acids is 1. The van der Waals surface area contributed by atoms with Crippen LogP contribution in [-0.2, 0) is 40.3 Å². The molecule has 0 bridgehead atoms. The smallest absolute Gasteiger partial charge is 0.335 e. The number of carboxylic acid groups (broad SMARTS) is 1. The predicted molar refractivity (Wildman–Crippen MR) is 274 cm³/mol. The Bertz CT molecular complexity index is 2760. The fourth-order valence-electron chi connectivity index (χ4n) is 6.49. The molecular formula is C44H64N16O9P2. The van der Waals surface area contributed by atoms with E-state index in [1.807, 2.05) is 36.0 Å². The molecule has 0 aliphatic carbocycles. The Hall–Kier alpha value is -6.72. The lowest BCUT2D eigenvalue weighted by molar-refractivity contribution is 0.0696. The minimum atomic E-state index is -3.10. The van der Waals surface area contributed by atoms with Crippen LogP contribution in [0.3, 0.4) is 0 Å². The molecule has 0 aliphatic rings. The highest BCUT2D eigenvalue weighted by Gasteiger charge is 2.23. The molecule has 2 aromatic carbocycles. The Kier molecular flexibility index (Phi) is 22.1. The van der Waals surface area contributed by atoms with Crippen molar-refractivity contribution in [2.24, 2.45) is 5.73 Å². The number of amides is 1. The number of nitrogens with zero attached hydrogens (tertiary/aromatic N) is 10. The van der Waals surface area contributed by atoms with Gasteiger partial charge in [0, 0.05) is 37.6 Å². The van der Waals surface area contributed by atoms with Crippen LogP contribution >= 0.6 is 15.2 Å². The van der Waals surface area contributed by atoms with Crippen molar-refractivity contribution in [1.82, 2.24) is 45.2 Å². The van der Waals surface area contributed by atoms with Gasteiger partial charge in [0.2, 0.25) is 11.9 Å². The van der Waals surface area contributed by atoms with Gasteiger partial charge in [-0.2, -0.15) is 19.9 Å². The molecule has 6 rings (SSSR count). The SMILES string of the molecule is CCOP(=O)(CCCN)OCC.CCOP(=O)(CCCNC(=O)c1ccc(N(C)Cc2cnc3nc(N)nc(N)c3n2)cc1)OCC.CN(Cc1cnc2nc(N)nc(N)c2n1)c1ccc(C(=O)O)cc1. The maximum absolute atomic E-state index is 12.5. The molecule has 27 heteroatoms. The molecule has 0 atom stereocenters. The molecule has 384 valence electrons. The number of rotatable bonds is 23. The number of anilines is 6. The van der Waals surface area contributed by atoms with Crippen molar-refractivity contribution >= 4 is 84.3 Å². The van der Waals surface area contributed by atoms with Crippen molar-refractivity contribution in [3.8, 4) is 0 Å². The summed E-state index contributed by atoms with van der Waals surface area (Å²) in [6, 6.07) is 13.7. The summed E-state index contributed by atoms with van der Waals surface area (Å²) in [6.07, 6.45) is 5.04. The Morgan fingerprint density at radius 2 is 1.00 bits per heavy atom. The normalized spacial score (nSPS) is 11.3. The first kappa shape index (κ1) is 56.9. The van der Waals surface area contributed by atoms with Crippen LogP contribution in [0.25, 0.3) is 22.3 Å². The number of benzene rings is 2. The van der Waals surface area contributed by atoms with E-state index in [4.69, 9.17) is 51.9 Å². The quantitative estimate of drug-likeness (QED) is 0.0323. The number of hydrogen-bond acceptors (Lipinski definition) is 23. The van der Waals surface area contributed by atoms with E-state index >= 15 is 0 Å². The Balaban J connectivity index is 0.000000262. The standard InChI is InChI=1S/C22H31N8O4P.C15H15N7O2.C7H18NO3P/c1-4-33-35(32,34-5-2)12-6-11-25-21(31)15-7-9-17(10-8-15)30(3)14-16-13-26-20-18(27-16)19(23)28-22(24)29-20;1-22(10-4-2-8(3-5-10)14(23)24)7-9-6-18-13-11(19-9)12(16)20-15(17)21-13;1-3-10-12(9,11-4-2)7-5-6-8/h7-10,13H,4-6,11-12,14H2,1-3H3,(H,25,31)(H4,23,24,26,28,29);2-6H,7H2,1H3,(H,23,24)(H4,16,17,18,20,21);3-8H2,1-2H3. The van der Waals surface area contributed by atoms with Crippen molar-refractivity contribution in [1.29, 1.82) is 0 Å². The summed E-state index contributed by atoms with van der Waals surface area (Å²) in [5.41, 5.74) is 33.5. The number of nitrogens with one attached hydrogen (secondary N) is 1. The first-order valence-corrected chi connectivity index (χ1v) is 26.0. The Morgan fingerprint density at radius 1 is 0.606 bits per heavy atom. The number of nitrogens with two attached hydrogens (primary N) is 5. The van der Waals surface area contributed by atoms with E-state index < -0.39 is 21.2 Å². The van der Waals surface area contributed by atoms with Gasteiger partial charge in [0.25, 0.3) is 5.91 Å². The highest BCUT2D eigenvalue weighted by atomic mass is 31.2. The van der Waals surface area contributed by atoms with Crippen LogP contribution in [0.15, 0.2) is 60.9 Å². The monoisotopic (exact) mass is 1020 g/mol. The maximum Gasteiger partial charge on any atom is 0.335 e. The van der Waals surface area contributed by atoms with Crippen LogP contribution in [0.2, 0.25) is 0 Å². The van der Waals surface area contributed by atoms with Crippen LogP contribution in [-0.4, -0.2) is 123 Å². The van der Waals surface area contributed by atoms with E-state index in [0.29, 0.717) is 111 Å². The zero-order valence-corrected chi connectivity index (χ0v) is 42.5. The summed E-state index contributed by atoms with van der Waals surface area (Å²) < 4.78 is 44.8. The van der Waals surface area contributed by atoms with Gasteiger partial charge in [0.05, 0.1) is 81.2 Å². The lowest BCUT2D eigenvalue weighted by Crippen LogP contribution is -2.25. The third-order valence-electron chi connectivity index (χ3n) is 9.76. The molecule has 4 heterocycles. The minimum absolute atomic E-state index is 0.0503. The molecular weight excluding hydrogens is 959 g/mol. The van der Waals surface area contributed by atoms with Crippen molar-refractivity contribution in [3.05, 3.63) is 83.4 Å². The third-order valence-corrected chi connectivity index (χ3v) is 14.1. The average molecular weight is 1020 g/mol. The van der Waals surface area contributed by atoms with Gasteiger partial charge in [-0.25, -0.2) is 24.7 Å². The molecule has 0 spiro atoms. The van der Waals surface area contributed by atoms with Gasteiger partial charge < -0.3 is 67.0 Å². The first-order valence-electron chi connectivity index (χ1n) is 22.6. The first-order chi connectivity index (χ1) is 33.9. The molecule has 25 nitrogen and oxygen atoms in total. The number of fused-ring (bicyclic) bond motifs is 2. The van der Waals surface area contributed by atoms with Crippen molar-refractivity contribution in [2.45, 2.75) is 53.6 Å². The molecule has 0 unspecified atom stereocenters. The van der Waals surface area contributed by atoms with Gasteiger partial charge in [0.15, 0.2) is 34.0 Å². The predicted octanol–water partition coefficient (Wildman–Crippen LogP) is 5.13. The summed E-state index contributed by atoms with van der Waals surface area (Å²) >= 11 is 0. The Labute approximate surface area is 411 Å². The number of nitrogen functional groups attached to an aromatic ring is 4. The zero-order chi connectivity index (χ0) is 52.1. The van der Waals surface area contributed by atoms with Gasteiger partial charge in [-0.1, -0.05) is 0 Å². The third kappa shape index (κ3) is 17.6. The molecule has 0 aliphatic heterocycles. The largest absolute Gasteiger partial charge is 0.478 e. The second-order valence-corrected chi connectivity index (χ2v) is 19.6. The fourth-order valence-corrected chi connectivity index (χ4v) is 9.85. The van der Waals surface area contributed by atoms with Crippen molar-refractivity contribution < 1.29 is 41.9 Å². The van der Waals surface area contributed by atoms with Gasteiger partial charge >= 0.3 is 21.2 Å². The number of carbonyl (C=O) groups is 2. The van der Waals surface area contributed by atoms with Crippen LogP contribution < -0.4 is 43.8 Å². The maximum atomic E-state index is 12.5. The summed E-state index contributed by atoms with van der Waals surface area (Å²) in [6.45, 7) is 10.4. The molecule has 71 heavy (non-hydrogen) atoms. The Morgan fingerprint density at radius 3 is 1.38 bits per heavy atom. The highest BCUT2D eigenvalue weighted by molar-refractivity contribution is 7.54. The van der Waals surface area contributed by atoms with E-state index in [1.54, 1.807) is 76.5 Å². The summed E-state index contributed by atoms with van der Waals surface area (Å²) in [5.74, 6) is -0.706. The van der Waals surface area contributed by atoms with Crippen molar-refractivity contribution in [2.75, 3.05) is 98.7 Å². The second-order valence-electron chi connectivity index (χ2n) is 15.2. The van der Waals surface area contributed by atoms with Crippen LogP contribution in [0.4, 0.5) is 34.9 Å². The summed E-state index contributed by atoms with van der Waals surface area (Å²) in [4.78, 5) is 60.5. The molecule has 0 fully saturated rings. The molecule has 0 radical (unpaired) electrons. The van der Waals surface area contributed by atoms with Crippen molar-refractivity contribution in [3.63, 3.8) is 0 Å². The van der Waals surface area contributed by atoms with Gasteiger partial charge in [-0.3, -0.25) is 13.9 Å². The molecule has 1 amide bonds. The van der Waals surface area contributed by atoms with E-state index in [0.717, 1.165) is 11.4 Å². The van der Waals surface area contributed by atoms with Crippen LogP contribution in [0.1, 0.15) is 72.6 Å². The zero-order valence-electron chi connectivity index (χ0n) is 40.7.